The molecule has 3 aromatic rings. The first-order chi connectivity index (χ1) is 12.3. The van der Waals surface area contributed by atoms with Crippen LogP contribution in [0.3, 0.4) is 0 Å². The highest BCUT2D eigenvalue weighted by Crippen LogP contribution is 2.28. The number of nitrogens with zero attached hydrogens (tertiary/aromatic N) is 3. The molecule has 26 heavy (non-hydrogen) atoms. The van der Waals surface area contributed by atoms with E-state index in [9.17, 15) is 4.55 Å². The summed E-state index contributed by atoms with van der Waals surface area (Å²) < 4.78 is 22.6. The van der Waals surface area contributed by atoms with E-state index in [1.807, 2.05) is 58.3 Å². The number of hydrogen-bond acceptors (Lipinski definition) is 5. The Balaban J connectivity index is 1.86. The highest BCUT2D eigenvalue weighted by Gasteiger charge is 2.30. The Bertz CT molecular complexity index is 910. The van der Waals surface area contributed by atoms with Gasteiger partial charge in [-0.1, -0.05) is 11.2 Å². The van der Waals surface area contributed by atoms with Crippen molar-refractivity contribution in [2.75, 3.05) is 0 Å². The molecule has 0 saturated heterocycles. The third kappa shape index (κ3) is 4.00. The number of hydrogen-bond donors (Lipinski definition) is 1. The minimum Gasteiger partial charge on any atom is -0.598 e. The lowest BCUT2D eigenvalue weighted by molar-refractivity contribution is 0.412. The summed E-state index contributed by atoms with van der Waals surface area (Å²) in [6, 6.07) is 7.62. The van der Waals surface area contributed by atoms with Crippen molar-refractivity contribution in [3.05, 3.63) is 48.8 Å². The van der Waals surface area contributed by atoms with Gasteiger partial charge in [0.25, 0.3) is 0 Å². The number of rotatable bonds is 6. The number of benzene rings is 1. The lowest BCUT2D eigenvalue weighted by Gasteiger charge is -2.26. The first-order valence-corrected chi connectivity index (χ1v) is 9.62. The van der Waals surface area contributed by atoms with E-state index in [-0.39, 0.29) is 10.8 Å². The molecule has 3 rings (SSSR count). The zero-order valence-corrected chi connectivity index (χ0v) is 16.3. The maximum atomic E-state index is 12.4. The van der Waals surface area contributed by atoms with Crippen molar-refractivity contribution in [2.24, 2.45) is 7.05 Å². The van der Waals surface area contributed by atoms with Crippen LogP contribution in [0.4, 0.5) is 0 Å². The predicted molar refractivity (Wildman–Crippen MR) is 105 cm³/mol. The van der Waals surface area contributed by atoms with Gasteiger partial charge in [0.15, 0.2) is 5.76 Å². The van der Waals surface area contributed by atoms with Gasteiger partial charge < -0.3 is 9.08 Å². The number of aryl methyl sites for hydroxylation is 1. The Morgan fingerprint density at radius 2 is 2.15 bits per heavy atom. The third-order valence-electron chi connectivity index (χ3n) is 4.00. The van der Waals surface area contributed by atoms with E-state index in [2.05, 4.69) is 21.6 Å². The summed E-state index contributed by atoms with van der Waals surface area (Å²) in [7, 11) is 1.90. The molecule has 138 valence electrons. The van der Waals surface area contributed by atoms with E-state index in [4.69, 9.17) is 4.52 Å². The van der Waals surface area contributed by atoms with Crippen LogP contribution in [0.2, 0.25) is 0 Å². The van der Waals surface area contributed by atoms with E-state index in [0.717, 1.165) is 16.5 Å². The third-order valence-corrected chi connectivity index (χ3v) is 5.61. The van der Waals surface area contributed by atoms with Gasteiger partial charge in [0, 0.05) is 41.6 Å². The van der Waals surface area contributed by atoms with Crippen LogP contribution in [0.25, 0.3) is 22.2 Å². The Labute approximate surface area is 156 Å². The summed E-state index contributed by atoms with van der Waals surface area (Å²) in [5.41, 5.74) is 2.57. The molecule has 1 unspecified atom stereocenters. The fourth-order valence-corrected chi connectivity index (χ4v) is 3.42. The molecule has 2 heterocycles. The molecule has 0 bridgehead atoms. The molecule has 0 fully saturated rings. The van der Waals surface area contributed by atoms with Crippen LogP contribution in [0, 0.1) is 0 Å². The van der Waals surface area contributed by atoms with Crippen molar-refractivity contribution in [2.45, 2.75) is 38.0 Å². The molecule has 1 aromatic carbocycles. The minimum atomic E-state index is -1.21. The summed E-state index contributed by atoms with van der Waals surface area (Å²) in [5.74, 6) is 0.670. The van der Waals surface area contributed by atoms with Crippen molar-refractivity contribution < 1.29 is 9.08 Å². The van der Waals surface area contributed by atoms with Crippen LogP contribution in [0.15, 0.2) is 47.6 Å². The summed E-state index contributed by atoms with van der Waals surface area (Å²) in [6.45, 7) is 9.58. The molecule has 6 nitrogen and oxygen atoms in total. The second-order valence-corrected chi connectivity index (χ2v) is 9.27. The van der Waals surface area contributed by atoms with Gasteiger partial charge >= 0.3 is 0 Å². The monoisotopic (exact) mass is 372 g/mol. The average Bonchev–Trinajstić information content (AvgIpc) is 3.18. The van der Waals surface area contributed by atoms with Crippen molar-refractivity contribution in [3.8, 4) is 11.3 Å². The van der Waals surface area contributed by atoms with Crippen molar-refractivity contribution in [3.63, 3.8) is 0 Å². The quantitative estimate of drug-likeness (QED) is 0.524. The molecule has 0 aliphatic rings. The van der Waals surface area contributed by atoms with Gasteiger partial charge in [-0.2, -0.15) is 5.10 Å². The molecule has 0 aliphatic carbocycles. The van der Waals surface area contributed by atoms with Gasteiger partial charge in [0.1, 0.15) is 16.5 Å². The van der Waals surface area contributed by atoms with Crippen molar-refractivity contribution >= 4 is 22.3 Å². The molecule has 1 N–H and O–H groups in total. The number of fused-ring (bicyclic) bond motifs is 1. The molecule has 2 aromatic heterocycles. The second kappa shape index (κ2) is 7.26. The van der Waals surface area contributed by atoms with E-state index in [1.165, 1.54) is 0 Å². The summed E-state index contributed by atoms with van der Waals surface area (Å²) in [5, 5.41) is 9.61. The highest BCUT2D eigenvalue weighted by molar-refractivity contribution is 7.90. The van der Waals surface area contributed by atoms with Gasteiger partial charge in [-0.05, 0) is 45.4 Å². The maximum Gasteiger partial charge on any atom is 0.167 e. The maximum absolute atomic E-state index is 12.4. The van der Waals surface area contributed by atoms with Gasteiger partial charge in [-0.3, -0.25) is 4.68 Å². The summed E-state index contributed by atoms with van der Waals surface area (Å²) in [6.07, 6.45) is 4.35. The Hall–Kier alpha value is -2.09. The topological polar surface area (TPSA) is 78.9 Å². The molecule has 0 radical (unpaired) electrons. The number of nitrogens with one attached hydrogen (secondary N) is 1. The standard InChI is InChI=1S/C19H24N4O2S/c1-6-7-16(22-26(24)19(2,3)4)17-11-18(25-21-17)13-8-9-15-14(10-13)12-23(5)20-15/h6,8-12,16,22H,1,7H2,2-5H3/t16?,26-/m0/s1. The normalized spacial score (nSPS) is 14.5. The molecule has 0 amide bonds. The fraction of sp³-hybridized carbons (Fsp3) is 0.368. The largest absolute Gasteiger partial charge is 0.598 e. The van der Waals surface area contributed by atoms with Gasteiger partial charge in [0.2, 0.25) is 0 Å². The molecule has 0 saturated carbocycles. The lowest BCUT2D eigenvalue weighted by Crippen LogP contribution is -2.41. The minimum absolute atomic E-state index is 0.216. The summed E-state index contributed by atoms with van der Waals surface area (Å²) >= 11 is -1.21. The van der Waals surface area contributed by atoms with Crippen LogP contribution in [-0.4, -0.2) is 24.2 Å². The molecule has 0 spiro atoms. The summed E-state index contributed by atoms with van der Waals surface area (Å²) in [4.78, 5) is 0. The lowest BCUT2D eigenvalue weighted by atomic mass is 10.1. The van der Waals surface area contributed by atoms with Gasteiger partial charge in [-0.25, -0.2) is 0 Å². The fourth-order valence-electron chi connectivity index (χ4n) is 2.59. The van der Waals surface area contributed by atoms with Crippen molar-refractivity contribution in [1.29, 1.82) is 0 Å². The van der Waals surface area contributed by atoms with Gasteiger partial charge in [0.05, 0.1) is 5.52 Å². The van der Waals surface area contributed by atoms with E-state index in [1.54, 1.807) is 10.8 Å². The van der Waals surface area contributed by atoms with Gasteiger partial charge in [-0.15, -0.1) is 11.3 Å². The molecule has 2 atom stereocenters. The Kier molecular flexibility index (Phi) is 5.22. The van der Waals surface area contributed by atoms with Crippen LogP contribution >= 0.6 is 0 Å². The van der Waals surface area contributed by atoms with E-state index < -0.39 is 11.4 Å². The predicted octanol–water partition coefficient (Wildman–Crippen LogP) is 3.90. The number of aromatic nitrogens is 3. The molecular formula is C19H24N4O2S. The Morgan fingerprint density at radius 3 is 2.85 bits per heavy atom. The Morgan fingerprint density at radius 1 is 1.38 bits per heavy atom. The first kappa shape index (κ1) is 18.7. The smallest absolute Gasteiger partial charge is 0.167 e. The van der Waals surface area contributed by atoms with Crippen LogP contribution in [-0.2, 0) is 18.4 Å². The zero-order chi connectivity index (χ0) is 18.9. The van der Waals surface area contributed by atoms with E-state index in [0.29, 0.717) is 17.9 Å². The zero-order valence-electron chi connectivity index (χ0n) is 15.5. The molecule has 0 aliphatic heterocycles. The van der Waals surface area contributed by atoms with E-state index >= 15 is 0 Å². The average molecular weight is 372 g/mol. The SMILES string of the molecule is C=CCC(N[S@@+]([O-])C(C)(C)C)c1cc(-c2ccc3nn(C)cc3c2)on1. The molecular weight excluding hydrogens is 348 g/mol. The molecule has 7 heteroatoms. The second-order valence-electron chi connectivity index (χ2n) is 7.27. The van der Waals surface area contributed by atoms with Crippen LogP contribution in [0.5, 0.6) is 0 Å². The highest BCUT2D eigenvalue weighted by atomic mass is 32.2. The van der Waals surface area contributed by atoms with Crippen molar-refractivity contribution in [1.82, 2.24) is 19.7 Å². The first-order valence-electron chi connectivity index (χ1n) is 8.47. The van der Waals surface area contributed by atoms with Crippen LogP contribution < -0.4 is 4.72 Å². The van der Waals surface area contributed by atoms with Crippen LogP contribution in [0.1, 0.15) is 38.9 Å².